The standard InChI is InChI=1S/C16H26N6O3S/c1-20-9-10-22-15(26(20,24)25)11-13(19-22)16(23)18-12-3-2-4-14(12)21-7-5-17-6-8-21/h11-12,14,17H,2-10H2,1H3,(H,18,23)/t12-,14+/m1/s1. The SMILES string of the molecule is CN1CCn2nc(C(=O)N[C@@H]3CCC[C@@H]3N3CCNCC3)cc2S1(=O)=O. The number of nitrogens with zero attached hydrogens (tertiary/aromatic N) is 4. The van der Waals surface area contributed by atoms with Crippen LogP contribution in [0, 0.1) is 0 Å². The summed E-state index contributed by atoms with van der Waals surface area (Å²) in [4.78, 5) is 15.2. The minimum Gasteiger partial charge on any atom is -0.346 e. The number of hydrogen-bond acceptors (Lipinski definition) is 6. The van der Waals surface area contributed by atoms with Crippen molar-refractivity contribution in [1.29, 1.82) is 0 Å². The average molecular weight is 382 g/mol. The molecular weight excluding hydrogens is 356 g/mol. The zero-order chi connectivity index (χ0) is 18.3. The lowest BCUT2D eigenvalue weighted by atomic mass is 10.1. The van der Waals surface area contributed by atoms with Crippen molar-refractivity contribution in [3.8, 4) is 0 Å². The van der Waals surface area contributed by atoms with Gasteiger partial charge in [-0.15, -0.1) is 0 Å². The second-order valence-corrected chi connectivity index (χ2v) is 9.27. The molecule has 2 fully saturated rings. The van der Waals surface area contributed by atoms with E-state index in [1.54, 1.807) is 7.05 Å². The molecular formula is C16H26N6O3S. The Balaban J connectivity index is 1.48. The van der Waals surface area contributed by atoms with E-state index in [4.69, 9.17) is 0 Å². The van der Waals surface area contributed by atoms with E-state index in [2.05, 4.69) is 20.6 Å². The number of nitrogens with one attached hydrogen (secondary N) is 2. The van der Waals surface area contributed by atoms with Crippen LogP contribution < -0.4 is 10.6 Å². The van der Waals surface area contributed by atoms with E-state index in [9.17, 15) is 13.2 Å². The molecule has 1 aliphatic carbocycles. The fraction of sp³-hybridized carbons (Fsp3) is 0.750. The van der Waals surface area contributed by atoms with E-state index in [0.717, 1.165) is 45.4 Å². The lowest BCUT2D eigenvalue weighted by Crippen LogP contribution is -2.54. The van der Waals surface area contributed by atoms with Crippen LogP contribution in [-0.2, 0) is 16.6 Å². The summed E-state index contributed by atoms with van der Waals surface area (Å²) in [6, 6.07) is 1.85. The third-order valence-electron chi connectivity index (χ3n) is 5.69. The maximum absolute atomic E-state index is 12.7. The summed E-state index contributed by atoms with van der Waals surface area (Å²) < 4.78 is 27.4. The van der Waals surface area contributed by atoms with Crippen LogP contribution >= 0.6 is 0 Å². The fourth-order valence-electron chi connectivity index (χ4n) is 4.20. The molecule has 4 rings (SSSR count). The molecule has 3 aliphatic rings. The first-order valence-electron chi connectivity index (χ1n) is 9.26. The zero-order valence-electron chi connectivity index (χ0n) is 15.0. The predicted molar refractivity (Wildman–Crippen MR) is 95.4 cm³/mol. The Morgan fingerprint density at radius 3 is 2.77 bits per heavy atom. The van der Waals surface area contributed by atoms with E-state index >= 15 is 0 Å². The molecule has 3 heterocycles. The van der Waals surface area contributed by atoms with Crippen LogP contribution in [0.5, 0.6) is 0 Å². The molecule has 9 nitrogen and oxygen atoms in total. The Hall–Kier alpha value is -1.49. The van der Waals surface area contributed by atoms with E-state index in [0.29, 0.717) is 19.1 Å². The monoisotopic (exact) mass is 382 g/mol. The summed E-state index contributed by atoms with van der Waals surface area (Å²) in [5.41, 5.74) is 0.185. The molecule has 1 saturated carbocycles. The molecule has 0 aromatic carbocycles. The van der Waals surface area contributed by atoms with Crippen molar-refractivity contribution >= 4 is 15.9 Å². The van der Waals surface area contributed by atoms with E-state index in [-0.39, 0.29) is 22.7 Å². The second-order valence-electron chi connectivity index (χ2n) is 7.28. The largest absolute Gasteiger partial charge is 0.346 e. The third-order valence-corrected chi connectivity index (χ3v) is 7.55. The molecule has 26 heavy (non-hydrogen) atoms. The lowest BCUT2D eigenvalue weighted by Gasteiger charge is -2.36. The van der Waals surface area contributed by atoms with Gasteiger partial charge in [-0.25, -0.2) is 8.42 Å². The third kappa shape index (κ3) is 3.15. The van der Waals surface area contributed by atoms with Gasteiger partial charge >= 0.3 is 0 Å². The topological polar surface area (TPSA) is 99.6 Å². The minimum atomic E-state index is -3.55. The van der Waals surface area contributed by atoms with Crippen LogP contribution in [0.1, 0.15) is 29.8 Å². The van der Waals surface area contributed by atoms with Crippen molar-refractivity contribution in [2.45, 2.75) is 42.9 Å². The van der Waals surface area contributed by atoms with Gasteiger partial charge in [0.2, 0.25) is 0 Å². The van der Waals surface area contributed by atoms with Crippen LogP contribution in [0.3, 0.4) is 0 Å². The van der Waals surface area contributed by atoms with Crippen molar-refractivity contribution < 1.29 is 13.2 Å². The van der Waals surface area contributed by atoms with Crippen molar-refractivity contribution in [3.05, 3.63) is 11.8 Å². The minimum absolute atomic E-state index is 0.0959. The van der Waals surface area contributed by atoms with Gasteiger partial charge in [0.05, 0.1) is 6.54 Å². The number of rotatable bonds is 3. The van der Waals surface area contributed by atoms with Crippen molar-refractivity contribution in [2.24, 2.45) is 0 Å². The number of amides is 1. The summed E-state index contributed by atoms with van der Waals surface area (Å²) in [6.07, 6.45) is 3.14. The summed E-state index contributed by atoms with van der Waals surface area (Å²) in [6.45, 7) is 4.80. The number of likely N-dealkylation sites (N-methyl/N-ethyl adjacent to an activating group) is 1. The Labute approximate surface area is 153 Å². The number of sulfonamides is 1. The highest BCUT2D eigenvalue weighted by Gasteiger charge is 2.36. The molecule has 2 aliphatic heterocycles. The first-order chi connectivity index (χ1) is 12.5. The molecule has 1 aromatic heterocycles. The van der Waals surface area contributed by atoms with Crippen LogP contribution in [0.2, 0.25) is 0 Å². The number of piperazine rings is 1. The maximum Gasteiger partial charge on any atom is 0.272 e. The van der Waals surface area contributed by atoms with E-state index < -0.39 is 10.0 Å². The first kappa shape index (κ1) is 17.9. The molecule has 2 atom stereocenters. The normalized spacial score (nSPS) is 29.4. The van der Waals surface area contributed by atoms with Gasteiger partial charge in [-0.1, -0.05) is 0 Å². The average Bonchev–Trinajstić information content (AvgIpc) is 3.27. The predicted octanol–water partition coefficient (Wildman–Crippen LogP) is -0.927. The summed E-state index contributed by atoms with van der Waals surface area (Å²) in [5.74, 6) is -0.281. The summed E-state index contributed by atoms with van der Waals surface area (Å²) in [7, 11) is -2.01. The number of carbonyl (C=O) groups is 1. The quantitative estimate of drug-likeness (QED) is 0.701. The molecule has 1 aromatic rings. The zero-order valence-corrected chi connectivity index (χ0v) is 15.8. The Morgan fingerprint density at radius 2 is 2.00 bits per heavy atom. The molecule has 2 N–H and O–H groups in total. The number of aromatic nitrogens is 2. The molecule has 1 saturated heterocycles. The fourth-order valence-corrected chi connectivity index (χ4v) is 5.50. The molecule has 0 spiro atoms. The highest BCUT2D eigenvalue weighted by molar-refractivity contribution is 7.89. The number of hydrogen-bond donors (Lipinski definition) is 2. The van der Waals surface area contributed by atoms with Crippen LogP contribution in [0.15, 0.2) is 11.1 Å². The highest BCUT2D eigenvalue weighted by Crippen LogP contribution is 2.25. The maximum atomic E-state index is 12.7. The van der Waals surface area contributed by atoms with Gasteiger partial charge in [0, 0.05) is 57.9 Å². The van der Waals surface area contributed by atoms with Crippen LogP contribution in [0.4, 0.5) is 0 Å². The molecule has 144 valence electrons. The lowest BCUT2D eigenvalue weighted by molar-refractivity contribution is 0.0888. The molecule has 1 amide bonds. The van der Waals surface area contributed by atoms with Gasteiger partial charge in [-0.2, -0.15) is 9.40 Å². The van der Waals surface area contributed by atoms with Gasteiger partial charge in [-0.3, -0.25) is 14.4 Å². The van der Waals surface area contributed by atoms with Gasteiger partial charge in [0.1, 0.15) is 0 Å². The number of carbonyl (C=O) groups excluding carboxylic acids is 1. The number of fused-ring (bicyclic) bond motifs is 1. The van der Waals surface area contributed by atoms with Crippen LogP contribution in [0.25, 0.3) is 0 Å². The first-order valence-corrected chi connectivity index (χ1v) is 10.7. The molecule has 0 unspecified atom stereocenters. The van der Waals surface area contributed by atoms with E-state index in [1.807, 2.05) is 0 Å². The van der Waals surface area contributed by atoms with Gasteiger partial charge in [0.15, 0.2) is 10.7 Å². The Kier molecular flexibility index (Phi) is 4.76. The van der Waals surface area contributed by atoms with E-state index in [1.165, 1.54) is 15.1 Å². The van der Waals surface area contributed by atoms with Crippen molar-refractivity contribution in [3.63, 3.8) is 0 Å². The molecule has 0 bridgehead atoms. The smallest absolute Gasteiger partial charge is 0.272 e. The molecule has 10 heteroatoms. The summed E-state index contributed by atoms with van der Waals surface area (Å²) in [5, 5.41) is 10.8. The van der Waals surface area contributed by atoms with Gasteiger partial charge in [-0.05, 0) is 19.3 Å². The van der Waals surface area contributed by atoms with Gasteiger partial charge in [0.25, 0.3) is 15.9 Å². The highest BCUT2D eigenvalue weighted by atomic mass is 32.2. The van der Waals surface area contributed by atoms with Gasteiger partial charge < -0.3 is 10.6 Å². The van der Waals surface area contributed by atoms with Crippen LogP contribution in [-0.4, -0.2) is 85.2 Å². The Morgan fingerprint density at radius 1 is 1.23 bits per heavy atom. The molecule has 0 radical (unpaired) electrons. The van der Waals surface area contributed by atoms with Crippen molar-refractivity contribution in [1.82, 2.24) is 29.6 Å². The Bertz CT molecular complexity index is 786. The second kappa shape index (κ2) is 6.91. The van der Waals surface area contributed by atoms with Crippen molar-refractivity contribution in [2.75, 3.05) is 39.8 Å². The summed E-state index contributed by atoms with van der Waals surface area (Å²) >= 11 is 0.